The van der Waals surface area contributed by atoms with Gasteiger partial charge in [0.2, 0.25) is 0 Å². The van der Waals surface area contributed by atoms with Crippen LogP contribution in [0.25, 0.3) is 22.3 Å². The highest BCUT2D eigenvalue weighted by Crippen LogP contribution is 2.32. The van der Waals surface area contributed by atoms with Gasteiger partial charge in [0.05, 0.1) is 16.5 Å². The highest BCUT2D eigenvalue weighted by Gasteiger charge is 2.28. The number of phenolic OH excluding ortho intramolecular Hbond substituents is 1. The van der Waals surface area contributed by atoms with Gasteiger partial charge in [0.25, 0.3) is 5.56 Å². The first-order valence-electron chi connectivity index (χ1n) is 9.42. The molecule has 0 unspecified atom stereocenters. The maximum atomic E-state index is 13.9. The predicted molar refractivity (Wildman–Crippen MR) is 113 cm³/mol. The molecule has 29 heavy (non-hydrogen) atoms. The maximum absolute atomic E-state index is 13.9. The summed E-state index contributed by atoms with van der Waals surface area (Å²) in [6.07, 6.45) is 0.566. The van der Waals surface area contributed by atoms with Crippen LogP contribution < -0.4 is 5.56 Å². The lowest BCUT2D eigenvalue weighted by atomic mass is 9.93. The fourth-order valence-corrected chi connectivity index (χ4v) is 3.74. The van der Waals surface area contributed by atoms with E-state index < -0.39 is 11.4 Å². The van der Waals surface area contributed by atoms with Gasteiger partial charge in [-0.05, 0) is 56.2 Å². The zero-order valence-electron chi connectivity index (χ0n) is 16.3. The van der Waals surface area contributed by atoms with Crippen molar-refractivity contribution >= 4 is 10.9 Å². The molecule has 5 heteroatoms. The SMILES string of the molecule is CC(C)(Cc1ccccc1)n1c(-c2ccccc2O)nc2ccc(F)cc2c1=O. The summed E-state index contributed by atoms with van der Waals surface area (Å²) in [5.74, 6) is -0.0996. The molecule has 1 aromatic heterocycles. The molecule has 0 saturated heterocycles. The van der Waals surface area contributed by atoms with E-state index in [4.69, 9.17) is 0 Å². The van der Waals surface area contributed by atoms with E-state index in [0.29, 0.717) is 23.3 Å². The van der Waals surface area contributed by atoms with Crippen molar-refractivity contribution in [2.75, 3.05) is 0 Å². The lowest BCUT2D eigenvalue weighted by molar-refractivity contribution is 0.344. The molecular weight excluding hydrogens is 367 g/mol. The molecule has 1 N–H and O–H groups in total. The Balaban J connectivity index is 2.02. The topological polar surface area (TPSA) is 55.1 Å². The molecule has 0 spiro atoms. The van der Waals surface area contributed by atoms with Crippen molar-refractivity contribution < 1.29 is 9.50 Å². The molecule has 3 aromatic carbocycles. The summed E-state index contributed by atoms with van der Waals surface area (Å²) in [5.41, 5.74) is 0.892. The summed E-state index contributed by atoms with van der Waals surface area (Å²) in [7, 11) is 0. The van der Waals surface area contributed by atoms with Crippen LogP contribution in [0.1, 0.15) is 19.4 Å². The van der Waals surface area contributed by atoms with Crippen LogP contribution in [-0.2, 0) is 12.0 Å². The number of phenols is 1. The van der Waals surface area contributed by atoms with Crippen molar-refractivity contribution in [1.82, 2.24) is 9.55 Å². The molecule has 0 bridgehead atoms. The van der Waals surface area contributed by atoms with Crippen LogP contribution >= 0.6 is 0 Å². The Hall–Kier alpha value is -3.47. The molecule has 0 aliphatic heterocycles. The molecule has 0 saturated carbocycles. The molecule has 0 radical (unpaired) electrons. The third kappa shape index (κ3) is 3.51. The summed E-state index contributed by atoms with van der Waals surface area (Å²) in [4.78, 5) is 18.2. The molecule has 1 heterocycles. The Morgan fingerprint density at radius 1 is 1.00 bits per heavy atom. The zero-order chi connectivity index (χ0) is 20.6. The van der Waals surface area contributed by atoms with Crippen molar-refractivity contribution in [1.29, 1.82) is 0 Å². The number of nitrogens with zero attached hydrogens (tertiary/aromatic N) is 2. The minimum atomic E-state index is -0.677. The Morgan fingerprint density at radius 2 is 1.69 bits per heavy atom. The van der Waals surface area contributed by atoms with Crippen LogP contribution in [-0.4, -0.2) is 14.7 Å². The quantitative estimate of drug-likeness (QED) is 0.542. The molecule has 0 aliphatic carbocycles. The first-order chi connectivity index (χ1) is 13.9. The van der Waals surface area contributed by atoms with Crippen LogP contribution in [0.15, 0.2) is 77.6 Å². The minimum Gasteiger partial charge on any atom is -0.507 e. The standard InChI is InChI=1S/C24H21FN2O2/c1-24(2,15-16-8-4-3-5-9-16)27-22(18-10-6-7-11-21(18)28)26-20-13-12-17(25)14-19(20)23(27)29/h3-14,28H,15H2,1-2H3. The second-order valence-corrected chi connectivity index (χ2v) is 7.73. The van der Waals surface area contributed by atoms with Gasteiger partial charge in [-0.1, -0.05) is 42.5 Å². The largest absolute Gasteiger partial charge is 0.507 e. The van der Waals surface area contributed by atoms with E-state index in [9.17, 15) is 14.3 Å². The number of aromatic hydroxyl groups is 1. The molecule has 0 fully saturated rings. The highest BCUT2D eigenvalue weighted by atomic mass is 19.1. The summed E-state index contributed by atoms with van der Waals surface area (Å²) in [5, 5.41) is 10.6. The van der Waals surface area contributed by atoms with Crippen molar-refractivity contribution in [3.8, 4) is 17.1 Å². The average Bonchev–Trinajstić information content (AvgIpc) is 2.69. The molecular formula is C24H21FN2O2. The number of halogens is 1. The Labute approximate surface area is 167 Å². The number of benzene rings is 3. The molecule has 0 aliphatic rings. The summed E-state index contributed by atoms with van der Waals surface area (Å²) >= 11 is 0. The highest BCUT2D eigenvalue weighted by molar-refractivity contribution is 5.80. The van der Waals surface area contributed by atoms with Gasteiger partial charge in [0.15, 0.2) is 0 Å². The minimum absolute atomic E-state index is 0.0325. The molecule has 0 atom stereocenters. The van der Waals surface area contributed by atoms with Crippen molar-refractivity contribution in [3.05, 3.63) is 94.5 Å². The number of hydrogen-bond acceptors (Lipinski definition) is 3. The second kappa shape index (κ2) is 7.17. The lowest BCUT2D eigenvalue weighted by Crippen LogP contribution is -2.40. The van der Waals surface area contributed by atoms with E-state index in [0.717, 1.165) is 5.56 Å². The first-order valence-corrected chi connectivity index (χ1v) is 9.42. The van der Waals surface area contributed by atoms with Gasteiger partial charge in [0, 0.05) is 5.54 Å². The molecule has 146 valence electrons. The van der Waals surface area contributed by atoms with Gasteiger partial charge in [-0.25, -0.2) is 9.37 Å². The van der Waals surface area contributed by atoms with Crippen LogP contribution in [0.2, 0.25) is 0 Å². The van der Waals surface area contributed by atoms with Crippen LogP contribution in [0.3, 0.4) is 0 Å². The van der Waals surface area contributed by atoms with Crippen LogP contribution in [0.5, 0.6) is 5.75 Å². The van der Waals surface area contributed by atoms with Crippen molar-refractivity contribution in [3.63, 3.8) is 0 Å². The third-order valence-electron chi connectivity index (χ3n) is 5.06. The van der Waals surface area contributed by atoms with Crippen molar-refractivity contribution in [2.24, 2.45) is 0 Å². The van der Waals surface area contributed by atoms with E-state index >= 15 is 0 Å². The predicted octanol–water partition coefficient (Wildman–Crippen LogP) is 4.89. The number of para-hydroxylation sites is 1. The van der Waals surface area contributed by atoms with Gasteiger partial charge < -0.3 is 5.11 Å². The molecule has 4 rings (SSSR count). The fraction of sp³-hybridized carbons (Fsp3) is 0.167. The normalized spacial score (nSPS) is 11.7. The van der Waals surface area contributed by atoms with Gasteiger partial charge in [-0.3, -0.25) is 9.36 Å². The molecule has 4 nitrogen and oxygen atoms in total. The number of rotatable bonds is 4. The second-order valence-electron chi connectivity index (χ2n) is 7.73. The maximum Gasteiger partial charge on any atom is 0.262 e. The summed E-state index contributed by atoms with van der Waals surface area (Å²) in [6, 6.07) is 20.6. The van der Waals surface area contributed by atoms with E-state index in [1.807, 2.05) is 44.2 Å². The van der Waals surface area contributed by atoms with E-state index in [-0.39, 0.29) is 16.7 Å². The lowest BCUT2D eigenvalue weighted by Gasteiger charge is -2.30. The zero-order valence-corrected chi connectivity index (χ0v) is 16.3. The molecule has 0 amide bonds. The van der Waals surface area contributed by atoms with E-state index in [2.05, 4.69) is 4.98 Å². The smallest absolute Gasteiger partial charge is 0.262 e. The van der Waals surface area contributed by atoms with Crippen LogP contribution in [0, 0.1) is 5.82 Å². The van der Waals surface area contributed by atoms with Gasteiger partial charge in [-0.2, -0.15) is 0 Å². The number of aromatic nitrogens is 2. The number of fused-ring (bicyclic) bond motifs is 1. The monoisotopic (exact) mass is 388 g/mol. The Morgan fingerprint density at radius 3 is 2.41 bits per heavy atom. The third-order valence-corrected chi connectivity index (χ3v) is 5.06. The Bertz CT molecular complexity index is 1250. The van der Waals surface area contributed by atoms with E-state index in [1.54, 1.807) is 28.8 Å². The fourth-order valence-electron chi connectivity index (χ4n) is 3.74. The van der Waals surface area contributed by atoms with Crippen molar-refractivity contribution in [2.45, 2.75) is 25.8 Å². The van der Waals surface area contributed by atoms with Gasteiger partial charge in [0.1, 0.15) is 17.4 Å². The summed E-state index contributed by atoms with van der Waals surface area (Å²) in [6.45, 7) is 3.88. The molecule has 4 aromatic rings. The van der Waals surface area contributed by atoms with Crippen LogP contribution in [0.4, 0.5) is 4.39 Å². The van der Waals surface area contributed by atoms with Gasteiger partial charge >= 0.3 is 0 Å². The van der Waals surface area contributed by atoms with E-state index in [1.165, 1.54) is 18.2 Å². The van der Waals surface area contributed by atoms with Gasteiger partial charge in [-0.15, -0.1) is 0 Å². The average molecular weight is 388 g/mol. The Kier molecular flexibility index (Phi) is 4.66. The number of hydrogen-bond donors (Lipinski definition) is 1. The summed E-state index contributed by atoms with van der Waals surface area (Å²) < 4.78 is 15.4. The first kappa shape index (κ1) is 18.9.